The summed E-state index contributed by atoms with van der Waals surface area (Å²) in [5.74, 6) is -0.557. The van der Waals surface area contributed by atoms with Crippen LogP contribution in [-0.4, -0.2) is 48.6 Å². The van der Waals surface area contributed by atoms with Crippen LogP contribution in [0.15, 0.2) is 24.5 Å². The molecule has 2 atom stereocenters. The molecule has 5 rings (SSSR count). The van der Waals surface area contributed by atoms with E-state index < -0.39 is 17.6 Å². The fourth-order valence-corrected chi connectivity index (χ4v) is 5.46. The Bertz CT molecular complexity index is 1310. The van der Waals surface area contributed by atoms with Crippen LogP contribution in [0.4, 0.5) is 23.8 Å². The van der Waals surface area contributed by atoms with Gasteiger partial charge in [0.05, 0.1) is 23.5 Å². The summed E-state index contributed by atoms with van der Waals surface area (Å²) in [6.07, 6.45) is 0.100. The Kier molecular flexibility index (Phi) is 5.72. The molecule has 2 amide bonds. The number of carbonyl (C=O) groups is 1. The maximum Gasteiger partial charge on any atom is 0.419 e. The molecule has 12 heteroatoms. The Hall–Kier alpha value is -3.57. The highest BCUT2D eigenvalue weighted by Crippen LogP contribution is 2.44. The van der Waals surface area contributed by atoms with Crippen LogP contribution in [0.5, 0.6) is 0 Å². The molecule has 3 aromatic rings. The molecule has 1 spiro atoms. The first-order valence-corrected chi connectivity index (χ1v) is 12.0. The number of aryl methyl sites for hydroxylation is 2. The summed E-state index contributed by atoms with van der Waals surface area (Å²) in [5.41, 5.74) is 7.83. The molecule has 192 valence electrons. The minimum Gasteiger partial charge on any atom is -0.383 e. The number of rotatable bonds is 4. The minimum atomic E-state index is -4.60. The average molecular weight is 503 g/mol. The maximum atomic E-state index is 13.3. The summed E-state index contributed by atoms with van der Waals surface area (Å²) in [7, 11) is 0. The summed E-state index contributed by atoms with van der Waals surface area (Å²) in [6.45, 7) is 8.48. The van der Waals surface area contributed by atoms with Crippen LogP contribution >= 0.6 is 0 Å². The number of pyridine rings is 1. The number of alkyl halides is 3. The van der Waals surface area contributed by atoms with Gasteiger partial charge in [-0.15, -0.1) is 0 Å². The number of hydrogen-bond donors (Lipinski definition) is 2. The molecule has 9 nitrogen and oxygen atoms in total. The van der Waals surface area contributed by atoms with Crippen LogP contribution in [0.1, 0.15) is 55.2 Å². The van der Waals surface area contributed by atoms with E-state index in [2.05, 4.69) is 20.5 Å². The first-order chi connectivity index (χ1) is 17.0. The molecule has 1 fully saturated rings. The van der Waals surface area contributed by atoms with Gasteiger partial charge in [0.2, 0.25) is 0 Å². The molecule has 0 bridgehead atoms. The molecular formula is C24H29F3N8O. The quantitative estimate of drug-likeness (QED) is 0.563. The summed E-state index contributed by atoms with van der Waals surface area (Å²) in [4.78, 5) is 18.6. The Morgan fingerprint density at radius 2 is 2.00 bits per heavy atom. The third-order valence-electron chi connectivity index (χ3n) is 7.53. The van der Waals surface area contributed by atoms with Gasteiger partial charge in [0.15, 0.2) is 0 Å². The number of anilines is 1. The number of carbonyl (C=O) groups excluding carboxylic acids is 1. The number of halogens is 3. The lowest BCUT2D eigenvalue weighted by molar-refractivity contribution is -0.137. The van der Waals surface area contributed by atoms with Crippen molar-refractivity contribution in [2.24, 2.45) is 0 Å². The lowest BCUT2D eigenvalue weighted by Gasteiger charge is -2.25. The van der Waals surface area contributed by atoms with Gasteiger partial charge < -0.3 is 16.0 Å². The van der Waals surface area contributed by atoms with E-state index in [1.807, 2.05) is 41.1 Å². The molecule has 0 saturated carbocycles. The summed E-state index contributed by atoms with van der Waals surface area (Å²) in [5, 5.41) is 12.0. The van der Waals surface area contributed by atoms with E-state index in [0.717, 1.165) is 42.4 Å². The van der Waals surface area contributed by atoms with Crippen LogP contribution in [0.25, 0.3) is 11.3 Å². The molecule has 0 aliphatic carbocycles. The van der Waals surface area contributed by atoms with E-state index >= 15 is 0 Å². The molecule has 1 saturated heterocycles. The molecule has 3 N–H and O–H groups in total. The first kappa shape index (κ1) is 24.1. The van der Waals surface area contributed by atoms with Crippen molar-refractivity contribution in [3.63, 3.8) is 0 Å². The second-order valence-electron chi connectivity index (χ2n) is 9.67. The Balaban J connectivity index is 1.33. The average Bonchev–Trinajstić information content (AvgIpc) is 3.58. The number of nitrogens with one attached hydrogen (secondary N) is 1. The number of likely N-dealkylation sites (tertiary alicyclic amines) is 1. The van der Waals surface area contributed by atoms with Gasteiger partial charge in [-0.05, 0) is 45.7 Å². The van der Waals surface area contributed by atoms with Crippen molar-refractivity contribution in [1.29, 1.82) is 0 Å². The highest BCUT2D eigenvalue weighted by molar-refractivity contribution is 5.75. The molecule has 5 heterocycles. The number of fused-ring (bicyclic) bond motifs is 2. The fraction of sp³-hybridized carbons (Fsp3) is 0.500. The Morgan fingerprint density at radius 3 is 2.69 bits per heavy atom. The molecular weight excluding hydrogens is 473 g/mol. The number of nitrogens with two attached hydrogens (primary N) is 1. The van der Waals surface area contributed by atoms with Crippen molar-refractivity contribution in [3.05, 3.63) is 47.0 Å². The topological polar surface area (TPSA) is 107 Å². The zero-order chi connectivity index (χ0) is 25.8. The van der Waals surface area contributed by atoms with Gasteiger partial charge >= 0.3 is 12.2 Å². The van der Waals surface area contributed by atoms with Crippen molar-refractivity contribution in [3.8, 4) is 11.3 Å². The number of hydrogen-bond acceptors (Lipinski definition) is 5. The van der Waals surface area contributed by atoms with Crippen LogP contribution < -0.4 is 11.1 Å². The van der Waals surface area contributed by atoms with E-state index in [9.17, 15) is 18.0 Å². The molecule has 36 heavy (non-hydrogen) atoms. The third-order valence-corrected chi connectivity index (χ3v) is 7.53. The minimum absolute atomic E-state index is 0.140. The van der Waals surface area contributed by atoms with Gasteiger partial charge in [-0.2, -0.15) is 23.4 Å². The highest BCUT2D eigenvalue weighted by atomic mass is 19.4. The van der Waals surface area contributed by atoms with E-state index in [1.54, 1.807) is 6.20 Å². The SMILES string of the molecule is CCn1ncc([C@H](C)NC(=O)N2CCC3(CCn4nc(-c5cnc(N)c(C(F)(F)F)c5)cc43)C2)c1C. The summed E-state index contributed by atoms with van der Waals surface area (Å²) >= 11 is 0. The third kappa shape index (κ3) is 3.97. The largest absolute Gasteiger partial charge is 0.419 e. The second-order valence-corrected chi connectivity index (χ2v) is 9.67. The number of amides is 2. The molecule has 2 aliphatic heterocycles. The summed E-state index contributed by atoms with van der Waals surface area (Å²) in [6, 6.07) is 2.49. The first-order valence-electron chi connectivity index (χ1n) is 12.0. The van der Waals surface area contributed by atoms with Crippen LogP contribution in [-0.2, 0) is 24.7 Å². The standard InChI is InChI=1S/C24H29F3N8O/c1-4-34-15(3)17(12-30-34)14(2)31-22(36)33-7-5-23(13-33)6-8-35-20(23)10-19(32-35)16-9-18(24(25,26)27)21(28)29-11-16/h9-12,14H,4-8,13H2,1-3H3,(H2,28,29)(H,31,36)/t14-,23?/m0/s1. The number of nitrogens with zero attached hydrogens (tertiary/aromatic N) is 6. The van der Waals surface area contributed by atoms with Gasteiger partial charge in [-0.25, -0.2) is 9.78 Å². The van der Waals surface area contributed by atoms with Gasteiger partial charge in [-0.3, -0.25) is 9.36 Å². The second kappa shape index (κ2) is 8.52. The smallest absolute Gasteiger partial charge is 0.383 e. The van der Waals surface area contributed by atoms with Crippen molar-refractivity contribution in [1.82, 2.24) is 34.8 Å². The van der Waals surface area contributed by atoms with Gasteiger partial charge in [0.1, 0.15) is 5.82 Å². The molecule has 2 aliphatic rings. The molecule has 1 unspecified atom stereocenters. The Morgan fingerprint density at radius 1 is 1.25 bits per heavy atom. The number of urea groups is 1. The van der Waals surface area contributed by atoms with E-state index in [-0.39, 0.29) is 23.1 Å². The summed E-state index contributed by atoms with van der Waals surface area (Å²) < 4.78 is 43.7. The Labute approximate surface area is 206 Å². The molecule has 0 aromatic carbocycles. The van der Waals surface area contributed by atoms with E-state index in [4.69, 9.17) is 5.73 Å². The van der Waals surface area contributed by atoms with Gasteiger partial charge in [0.25, 0.3) is 0 Å². The van der Waals surface area contributed by atoms with Crippen LogP contribution in [0, 0.1) is 6.92 Å². The predicted octanol–water partition coefficient (Wildman–Crippen LogP) is 3.89. The molecule has 3 aromatic heterocycles. The van der Waals surface area contributed by atoms with Crippen LogP contribution in [0.2, 0.25) is 0 Å². The lowest BCUT2D eigenvalue weighted by atomic mass is 9.82. The van der Waals surface area contributed by atoms with Crippen molar-refractivity contribution < 1.29 is 18.0 Å². The zero-order valence-corrected chi connectivity index (χ0v) is 20.4. The highest BCUT2D eigenvalue weighted by Gasteiger charge is 2.47. The molecule has 0 radical (unpaired) electrons. The number of aromatic nitrogens is 5. The monoisotopic (exact) mass is 502 g/mol. The van der Waals surface area contributed by atoms with Crippen molar-refractivity contribution >= 4 is 11.8 Å². The lowest BCUT2D eigenvalue weighted by Crippen LogP contribution is -2.41. The van der Waals surface area contributed by atoms with E-state index in [1.165, 1.54) is 6.20 Å². The van der Waals surface area contributed by atoms with Crippen molar-refractivity contribution in [2.45, 2.75) is 64.3 Å². The van der Waals surface area contributed by atoms with Gasteiger partial charge in [-0.1, -0.05) is 0 Å². The van der Waals surface area contributed by atoms with E-state index in [0.29, 0.717) is 25.3 Å². The normalized spacial score (nSPS) is 20.2. The van der Waals surface area contributed by atoms with Crippen molar-refractivity contribution in [2.75, 3.05) is 18.8 Å². The predicted molar refractivity (Wildman–Crippen MR) is 127 cm³/mol. The maximum absolute atomic E-state index is 13.3. The zero-order valence-electron chi connectivity index (χ0n) is 20.4. The number of nitrogen functional groups attached to an aromatic ring is 1. The van der Waals surface area contributed by atoms with Crippen LogP contribution in [0.3, 0.4) is 0 Å². The fourth-order valence-electron chi connectivity index (χ4n) is 5.46. The van der Waals surface area contributed by atoms with Gasteiger partial charge in [0, 0.05) is 60.3 Å².